The van der Waals surface area contributed by atoms with Gasteiger partial charge in [-0.25, -0.2) is 0 Å². The maximum Gasteiger partial charge on any atom is 0.228 e. The number of carbonyl (C=O) groups excluding carboxylic acids is 1. The molecule has 0 saturated heterocycles. The van der Waals surface area contributed by atoms with Gasteiger partial charge in [0.1, 0.15) is 5.75 Å². The summed E-state index contributed by atoms with van der Waals surface area (Å²) in [5, 5.41) is 3.08. The van der Waals surface area contributed by atoms with Gasteiger partial charge in [0.25, 0.3) is 0 Å². The first-order valence-corrected chi connectivity index (χ1v) is 9.04. The van der Waals surface area contributed by atoms with Crippen LogP contribution in [0.5, 0.6) is 5.75 Å². The molecule has 0 heterocycles. The molecule has 0 spiro atoms. The molecule has 0 aromatic heterocycles. The second-order valence-corrected chi connectivity index (χ2v) is 6.75. The third kappa shape index (κ3) is 4.28. The number of methoxy groups -OCH3 is 1. The average molecular weight is 325 g/mol. The molecule has 1 aromatic carbocycles. The summed E-state index contributed by atoms with van der Waals surface area (Å²) in [4.78, 5) is 12.7. The number of anilines is 1. The minimum Gasteiger partial charge on any atom is -0.497 e. The van der Waals surface area contributed by atoms with Crippen molar-refractivity contribution in [1.82, 2.24) is 0 Å². The van der Waals surface area contributed by atoms with Crippen molar-refractivity contribution < 1.29 is 9.53 Å². The van der Waals surface area contributed by atoms with Crippen LogP contribution in [-0.4, -0.2) is 13.0 Å². The van der Waals surface area contributed by atoms with Gasteiger partial charge in [0.2, 0.25) is 5.91 Å². The first-order chi connectivity index (χ1) is 11.8. The number of allylic oxidation sites excluding steroid dienone is 4. The van der Waals surface area contributed by atoms with E-state index in [1.807, 2.05) is 24.3 Å². The maximum absolute atomic E-state index is 12.7. The van der Waals surface area contributed by atoms with Crippen LogP contribution < -0.4 is 10.1 Å². The molecule has 1 fully saturated rings. The Balaban J connectivity index is 1.61. The van der Waals surface area contributed by atoms with Gasteiger partial charge in [0.05, 0.1) is 7.11 Å². The Hall–Kier alpha value is -2.03. The lowest BCUT2D eigenvalue weighted by atomic mass is 10.1. The zero-order chi connectivity index (χ0) is 16.8. The normalized spacial score (nSPS) is 26.6. The van der Waals surface area contributed by atoms with E-state index in [1.165, 1.54) is 0 Å². The number of benzene rings is 1. The van der Waals surface area contributed by atoms with Crippen LogP contribution in [0.2, 0.25) is 0 Å². The second-order valence-electron chi connectivity index (χ2n) is 6.75. The molecule has 0 bridgehead atoms. The van der Waals surface area contributed by atoms with Crippen molar-refractivity contribution in [3.63, 3.8) is 0 Å². The van der Waals surface area contributed by atoms with Crippen molar-refractivity contribution in [3.05, 3.63) is 48.6 Å². The molecule has 128 valence electrons. The fourth-order valence-corrected chi connectivity index (χ4v) is 3.79. The van der Waals surface area contributed by atoms with E-state index in [2.05, 4.69) is 29.6 Å². The average Bonchev–Trinajstić information content (AvgIpc) is 3.27. The van der Waals surface area contributed by atoms with Gasteiger partial charge >= 0.3 is 0 Å². The van der Waals surface area contributed by atoms with Gasteiger partial charge < -0.3 is 10.1 Å². The summed E-state index contributed by atoms with van der Waals surface area (Å²) < 4.78 is 5.23. The van der Waals surface area contributed by atoms with Crippen molar-refractivity contribution in [2.45, 2.75) is 38.5 Å². The lowest BCUT2D eigenvalue weighted by Gasteiger charge is -2.07. The monoisotopic (exact) mass is 325 g/mol. The molecule has 3 heteroatoms. The Kier molecular flexibility index (Phi) is 5.73. The Morgan fingerprint density at radius 3 is 2.25 bits per heavy atom. The van der Waals surface area contributed by atoms with Crippen LogP contribution in [0.15, 0.2) is 48.6 Å². The van der Waals surface area contributed by atoms with E-state index >= 15 is 0 Å². The molecule has 1 aromatic rings. The minimum absolute atomic E-state index is 0.166. The van der Waals surface area contributed by atoms with Crippen molar-refractivity contribution in [3.8, 4) is 5.75 Å². The van der Waals surface area contributed by atoms with Gasteiger partial charge in [0.15, 0.2) is 0 Å². The zero-order valence-electron chi connectivity index (χ0n) is 14.4. The van der Waals surface area contributed by atoms with E-state index in [1.54, 1.807) is 7.11 Å². The summed E-state index contributed by atoms with van der Waals surface area (Å²) in [5.41, 5.74) is 0.821. The van der Waals surface area contributed by atoms with Crippen LogP contribution in [0.1, 0.15) is 38.5 Å². The number of hydrogen-bond donors (Lipinski definition) is 1. The summed E-state index contributed by atoms with van der Waals surface area (Å²) in [6.07, 6.45) is 15.8. The smallest absolute Gasteiger partial charge is 0.228 e. The van der Waals surface area contributed by atoms with Gasteiger partial charge in [-0.15, -0.1) is 0 Å². The number of carbonyl (C=O) groups is 1. The summed E-state index contributed by atoms with van der Waals surface area (Å²) in [6, 6.07) is 7.58. The van der Waals surface area contributed by atoms with E-state index in [-0.39, 0.29) is 11.8 Å². The molecule has 1 amide bonds. The standard InChI is InChI=1S/C21H27NO2/c1-24-17-12-10-11-16(15-17)22-21(23)20-18-13-8-6-4-2-3-5-7-9-14-19(18)20/h4-7,10-12,15,18-20H,2-3,8-9,13-14H2,1H3,(H,22,23)/t18-,19-,20?/m1/s1. The molecule has 1 saturated carbocycles. The topological polar surface area (TPSA) is 38.3 Å². The van der Waals surface area contributed by atoms with Crippen LogP contribution in [0.4, 0.5) is 5.69 Å². The molecule has 3 rings (SSSR count). The Morgan fingerprint density at radius 1 is 1.00 bits per heavy atom. The van der Waals surface area contributed by atoms with Crippen LogP contribution in [-0.2, 0) is 4.79 Å². The highest BCUT2D eigenvalue weighted by atomic mass is 16.5. The van der Waals surface area contributed by atoms with E-state index < -0.39 is 0 Å². The van der Waals surface area contributed by atoms with Gasteiger partial charge in [-0.1, -0.05) is 30.4 Å². The third-order valence-electron chi connectivity index (χ3n) is 5.14. The SMILES string of the molecule is COc1cccc(NC(=O)C2[C@@H]3CCC=CCCC=CCC[C@@H]23)c1. The van der Waals surface area contributed by atoms with Crippen molar-refractivity contribution in [1.29, 1.82) is 0 Å². The maximum atomic E-state index is 12.7. The number of hydrogen-bond acceptors (Lipinski definition) is 2. The summed E-state index contributed by atoms with van der Waals surface area (Å²) in [5.74, 6) is 2.17. The molecule has 24 heavy (non-hydrogen) atoms. The Bertz CT molecular complexity index is 596. The first kappa shape index (κ1) is 16.8. The molecule has 1 N–H and O–H groups in total. The van der Waals surface area contributed by atoms with E-state index in [9.17, 15) is 4.79 Å². The van der Waals surface area contributed by atoms with E-state index in [0.717, 1.165) is 50.0 Å². The van der Waals surface area contributed by atoms with E-state index in [4.69, 9.17) is 4.74 Å². The molecule has 2 aliphatic carbocycles. The summed E-state index contributed by atoms with van der Waals surface area (Å²) in [7, 11) is 1.64. The largest absolute Gasteiger partial charge is 0.497 e. The van der Waals surface area contributed by atoms with Crippen molar-refractivity contribution in [2.75, 3.05) is 12.4 Å². The molecule has 3 nitrogen and oxygen atoms in total. The summed E-state index contributed by atoms with van der Waals surface area (Å²) >= 11 is 0. The predicted molar refractivity (Wildman–Crippen MR) is 98.1 cm³/mol. The highest BCUT2D eigenvalue weighted by Gasteiger charge is 2.52. The number of amides is 1. The van der Waals surface area contributed by atoms with Crippen LogP contribution in [0, 0.1) is 17.8 Å². The second kappa shape index (κ2) is 8.18. The highest BCUT2D eigenvalue weighted by Crippen LogP contribution is 2.52. The summed E-state index contributed by atoms with van der Waals surface area (Å²) in [6.45, 7) is 0. The minimum atomic E-state index is 0.166. The fraction of sp³-hybridized carbons (Fsp3) is 0.476. The third-order valence-corrected chi connectivity index (χ3v) is 5.14. The number of ether oxygens (including phenoxy) is 1. The number of fused-ring (bicyclic) bond motifs is 1. The number of nitrogens with one attached hydrogen (secondary N) is 1. The molecule has 0 unspecified atom stereocenters. The number of rotatable bonds is 3. The lowest BCUT2D eigenvalue weighted by molar-refractivity contribution is -0.117. The van der Waals surface area contributed by atoms with Crippen LogP contribution in [0.25, 0.3) is 0 Å². The van der Waals surface area contributed by atoms with Crippen LogP contribution in [0.3, 0.4) is 0 Å². The van der Waals surface area contributed by atoms with E-state index in [0.29, 0.717) is 11.8 Å². The molecule has 0 radical (unpaired) electrons. The zero-order valence-corrected chi connectivity index (χ0v) is 14.4. The first-order valence-electron chi connectivity index (χ1n) is 9.04. The molecular formula is C21H27NO2. The van der Waals surface area contributed by atoms with Gasteiger partial charge in [-0.05, 0) is 62.5 Å². The van der Waals surface area contributed by atoms with Gasteiger partial charge in [-0.2, -0.15) is 0 Å². The molecule has 0 aliphatic heterocycles. The Labute approximate surface area is 144 Å². The predicted octanol–water partition coefficient (Wildman–Crippen LogP) is 4.96. The van der Waals surface area contributed by atoms with Gasteiger partial charge in [0, 0.05) is 17.7 Å². The van der Waals surface area contributed by atoms with Crippen molar-refractivity contribution in [2.24, 2.45) is 17.8 Å². The fourth-order valence-electron chi connectivity index (χ4n) is 3.79. The van der Waals surface area contributed by atoms with Gasteiger partial charge in [-0.3, -0.25) is 4.79 Å². The quantitative estimate of drug-likeness (QED) is 0.797. The van der Waals surface area contributed by atoms with Crippen molar-refractivity contribution >= 4 is 11.6 Å². The molecular weight excluding hydrogens is 298 g/mol. The molecule has 2 atom stereocenters. The lowest BCUT2D eigenvalue weighted by Crippen LogP contribution is -2.15. The van der Waals surface area contributed by atoms with Crippen LogP contribution >= 0.6 is 0 Å². The molecule has 2 aliphatic rings. The highest BCUT2D eigenvalue weighted by molar-refractivity contribution is 5.95. The Morgan fingerprint density at radius 2 is 1.62 bits per heavy atom.